The van der Waals surface area contributed by atoms with Gasteiger partial charge >= 0.3 is 0 Å². The average Bonchev–Trinajstić information content (AvgIpc) is 3.04. The summed E-state index contributed by atoms with van der Waals surface area (Å²) in [7, 11) is 0. The van der Waals surface area contributed by atoms with E-state index in [4.69, 9.17) is 0 Å². The zero-order chi connectivity index (χ0) is 14.5. The van der Waals surface area contributed by atoms with Crippen LogP contribution in [0, 0.1) is 11.8 Å². The topological polar surface area (TPSA) is 40.5 Å². The highest BCUT2D eigenvalue weighted by molar-refractivity contribution is 5.33. The minimum Gasteiger partial charge on any atom is -0.385 e. The monoisotopic (exact) mass is 280 g/mol. The molecule has 0 unspecified atom stereocenters. The van der Waals surface area contributed by atoms with E-state index in [-0.39, 0.29) is 11.8 Å². The standard InChI is InChI=1S/C19H20O2/c20-18(14-7-3-1-4-8-14)12-17-11-16(18)13-19(17,21)15-9-5-2-6-10-15/h1-10,16-17,20-21H,11-13H2/t16-,17+,18-,19-/m1/s1. The summed E-state index contributed by atoms with van der Waals surface area (Å²) in [5.41, 5.74) is 0.445. The second-order valence-electron chi connectivity index (χ2n) is 6.62. The van der Waals surface area contributed by atoms with Crippen LogP contribution < -0.4 is 0 Å². The van der Waals surface area contributed by atoms with Gasteiger partial charge in [0.25, 0.3) is 0 Å². The van der Waals surface area contributed by atoms with Crippen LogP contribution >= 0.6 is 0 Å². The van der Waals surface area contributed by atoms with Crippen LogP contribution in [0.3, 0.4) is 0 Å². The summed E-state index contributed by atoms with van der Waals surface area (Å²) in [6.07, 6.45) is 2.19. The molecule has 0 saturated heterocycles. The molecule has 2 aliphatic rings. The van der Waals surface area contributed by atoms with E-state index in [1.807, 2.05) is 60.7 Å². The Hall–Kier alpha value is -1.64. The van der Waals surface area contributed by atoms with Gasteiger partial charge in [0, 0.05) is 0 Å². The maximum atomic E-state index is 11.1. The van der Waals surface area contributed by atoms with Crippen LogP contribution in [0.5, 0.6) is 0 Å². The second kappa shape index (κ2) is 4.43. The van der Waals surface area contributed by atoms with Crippen molar-refractivity contribution in [2.45, 2.75) is 30.5 Å². The Bertz CT molecular complexity index is 582. The number of hydrogen-bond acceptors (Lipinski definition) is 2. The Labute approximate surface area is 125 Å². The summed E-state index contributed by atoms with van der Waals surface area (Å²) >= 11 is 0. The zero-order valence-corrected chi connectivity index (χ0v) is 11.9. The molecule has 2 aromatic rings. The third-order valence-electron chi connectivity index (χ3n) is 5.58. The summed E-state index contributed by atoms with van der Waals surface area (Å²) in [6.45, 7) is 0. The molecule has 2 saturated carbocycles. The molecule has 2 heteroatoms. The number of hydrogen-bond donors (Lipinski definition) is 2. The molecule has 2 bridgehead atoms. The van der Waals surface area contributed by atoms with Crippen LogP contribution in [0.2, 0.25) is 0 Å². The smallest absolute Gasteiger partial charge is 0.0929 e. The molecule has 0 aliphatic heterocycles. The van der Waals surface area contributed by atoms with Crippen molar-refractivity contribution in [2.75, 3.05) is 0 Å². The van der Waals surface area contributed by atoms with E-state index < -0.39 is 11.2 Å². The molecule has 2 fully saturated rings. The Balaban J connectivity index is 1.67. The molecule has 108 valence electrons. The third-order valence-corrected chi connectivity index (χ3v) is 5.58. The number of rotatable bonds is 2. The molecule has 4 rings (SSSR count). The SMILES string of the molecule is O[C@@]1(c2ccccc2)C[C@@H]2C[C@@H]1C[C@@]2(O)c1ccccc1. The molecule has 4 atom stereocenters. The maximum Gasteiger partial charge on any atom is 0.0929 e. The van der Waals surface area contributed by atoms with E-state index in [2.05, 4.69) is 0 Å². The van der Waals surface area contributed by atoms with Gasteiger partial charge in [-0.2, -0.15) is 0 Å². The molecule has 0 spiro atoms. The molecule has 2 aliphatic carbocycles. The van der Waals surface area contributed by atoms with Gasteiger partial charge in [0.2, 0.25) is 0 Å². The largest absolute Gasteiger partial charge is 0.385 e. The molecule has 0 aromatic heterocycles. The van der Waals surface area contributed by atoms with Crippen molar-refractivity contribution in [1.82, 2.24) is 0 Å². The van der Waals surface area contributed by atoms with Crippen molar-refractivity contribution in [2.24, 2.45) is 11.8 Å². The lowest BCUT2D eigenvalue weighted by Crippen LogP contribution is -2.42. The fraction of sp³-hybridized carbons (Fsp3) is 0.368. The van der Waals surface area contributed by atoms with Crippen LogP contribution in [0.1, 0.15) is 30.4 Å². The fourth-order valence-corrected chi connectivity index (χ4v) is 4.48. The van der Waals surface area contributed by atoms with E-state index in [1.165, 1.54) is 0 Å². The lowest BCUT2D eigenvalue weighted by molar-refractivity contribution is -0.0974. The van der Waals surface area contributed by atoms with Gasteiger partial charge in [-0.15, -0.1) is 0 Å². The molecule has 0 radical (unpaired) electrons. The molecular weight excluding hydrogens is 260 g/mol. The van der Waals surface area contributed by atoms with Crippen LogP contribution in [-0.2, 0) is 11.2 Å². The van der Waals surface area contributed by atoms with Crippen molar-refractivity contribution in [3.63, 3.8) is 0 Å². The first-order valence-electron chi connectivity index (χ1n) is 7.69. The Kier molecular flexibility index (Phi) is 2.75. The van der Waals surface area contributed by atoms with Gasteiger partial charge < -0.3 is 10.2 Å². The second-order valence-corrected chi connectivity index (χ2v) is 6.62. The Morgan fingerprint density at radius 1 is 0.667 bits per heavy atom. The Morgan fingerprint density at radius 2 is 1.05 bits per heavy atom. The lowest BCUT2D eigenvalue weighted by atomic mass is 9.70. The number of benzene rings is 2. The third kappa shape index (κ3) is 1.79. The average molecular weight is 280 g/mol. The predicted molar refractivity (Wildman–Crippen MR) is 81.5 cm³/mol. The minimum atomic E-state index is -0.771. The van der Waals surface area contributed by atoms with Crippen molar-refractivity contribution >= 4 is 0 Å². The summed E-state index contributed by atoms with van der Waals surface area (Å²) in [6, 6.07) is 19.9. The van der Waals surface area contributed by atoms with Crippen molar-refractivity contribution in [3.05, 3.63) is 71.8 Å². The fourth-order valence-electron chi connectivity index (χ4n) is 4.48. The summed E-state index contributed by atoms with van der Waals surface area (Å²) in [5.74, 6) is 0.269. The van der Waals surface area contributed by atoms with E-state index in [0.717, 1.165) is 17.5 Å². The van der Waals surface area contributed by atoms with Gasteiger partial charge in [0.1, 0.15) is 0 Å². The predicted octanol–water partition coefficient (Wildman–Crippen LogP) is 3.19. The molecule has 21 heavy (non-hydrogen) atoms. The van der Waals surface area contributed by atoms with E-state index in [9.17, 15) is 10.2 Å². The maximum absolute atomic E-state index is 11.1. The summed E-state index contributed by atoms with van der Waals surface area (Å²) < 4.78 is 0. The summed E-state index contributed by atoms with van der Waals surface area (Å²) in [5, 5.41) is 22.2. The van der Waals surface area contributed by atoms with E-state index in [0.29, 0.717) is 12.8 Å². The van der Waals surface area contributed by atoms with Crippen LogP contribution in [0.4, 0.5) is 0 Å². The first-order valence-corrected chi connectivity index (χ1v) is 7.69. The summed E-state index contributed by atoms with van der Waals surface area (Å²) in [4.78, 5) is 0. The molecule has 0 amide bonds. The van der Waals surface area contributed by atoms with Gasteiger partial charge in [-0.3, -0.25) is 0 Å². The first-order chi connectivity index (χ1) is 10.1. The van der Waals surface area contributed by atoms with Crippen molar-refractivity contribution in [3.8, 4) is 0 Å². The number of fused-ring (bicyclic) bond motifs is 2. The van der Waals surface area contributed by atoms with Gasteiger partial charge in [-0.1, -0.05) is 60.7 Å². The number of aliphatic hydroxyl groups is 2. The van der Waals surface area contributed by atoms with E-state index >= 15 is 0 Å². The quantitative estimate of drug-likeness (QED) is 0.887. The van der Waals surface area contributed by atoms with Crippen LogP contribution in [0.25, 0.3) is 0 Å². The Morgan fingerprint density at radius 3 is 1.38 bits per heavy atom. The molecule has 2 N–H and O–H groups in total. The van der Waals surface area contributed by atoms with Gasteiger partial charge in [0.15, 0.2) is 0 Å². The first kappa shape index (κ1) is 13.1. The van der Waals surface area contributed by atoms with Crippen LogP contribution in [-0.4, -0.2) is 10.2 Å². The van der Waals surface area contributed by atoms with Gasteiger partial charge in [-0.25, -0.2) is 0 Å². The highest BCUT2D eigenvalue weighted by Crippen LogP contribution is 2.62. The van der Waals surface area contributed by atoms with Crippen molar-refractivity contribution < 1.29 is 10.2 Å². The molecular formula is C19H20O2. The van der Waals surface area contributed by atoms with Crippen molar-refractivity contribution in [1.29, 1.82) is 0 Å². The lowest BCUT2D eigenvalue weighted by Gasteiger charge is -2.41. The zero-order valence-electron chi connectivity index (χ0n) is 11.9. The van der Waals surface area contributed by atoms with Gasteiger partial charge in [-0.05, 0) is 42.2 Å². The minimum absolute atomic E-state index is 0.134. The normalized spacial score (nSPS) is 37.8. The molecule has 0 heterocycles. The molecule has 2 nitrogen and oxygen atoms in total. The highest BCUT2D eigenvalue weighted by atomic mass is 16.3. The van der Waals surface area contributed by atoms with E-state index in [1.54, 1.807) is 0 Å². The van der Waals surface area contributed by atoms with Crippen LogP contribution in [0.15, 0.2) is 60.7 Å². The highest BCUT2D eigenvalue weighted by Gasteiger charge is 2.61. The van der Waals surface area contributed by atoms with Gasteiger partial charge in [0.05, 0.1) is 11.2 Å². The molecule has 2 aromatic carbocycles.